The fourth-order valence-electron chi connectivity index (χ4n) is 2.41. The summed E-state index contributed by atoms with van der Waals surface area (Å²) in [6.45, 7) is 1.77. The van der Waals surface area contributed by atoms with Gasteiger partial charge in [-0.3, -0.25) is 4.79 Å². The van der Waals surface area contributed by atoms with E-state index in [1.807, 2.05) is 42.5 Å². The molecule has 23 heavy (non-hydrogen) atoms. The summed E-state index contributed by atoms with van der Waals surface area (Å²) in [5.74, 6) is -0.596. The van der Waals surface area contributed by atoms with Crippen LogP contribution in [0.15, 0.2) is 66.7 Å². The molecule has 0 spiro atoms. The van der Waals surface area contributed by atoms with Crippen molar-refractivity contribution < 1.29 is 9.18 Å². The molecule has 0 saturated heterocycles. The Hall–Kier alpha value is -2.88. The molecule has 0 radical (unpaired) electrons. The molecule has 1 atom stereocenters. The lowest BCUT2D eigenvalue weighted by atomic mass is 10.1. The molecule has 3 rings (SSSR count). The van der Waals surface area contributed by atoms with Crippen LogP contribution in [0.2, 0.25) is 0 Å². The van der Waals surface area contributed by atoms with Crippen molar-refractivity contribution in [2.75, 3.05) is 10.6 Å². The van der Waals surface area contributed by atoms with Gasteiger partial charge in [-0.05, 0) is 48.0 Å². The number of amides is 1. The van der Waals surface area contributed by atoms with Gasteiger partial charge in [0.2, 0.25) is 5.91 Å². The maximum atomic E-state index is 13.1. The smallest absolute Gasteiger partial charge is 0.246 e. The highest BCUT2D eigenvalue weighted by Gasteiger charge is 2.13. The first-order valence-electron chi connectivity index (χ1n) is 7.43. The summed E-state index contributed by atoms with van der Waals surface area (Å²) in [7, 11) is 0. The Morgan fingerprint density at radius 1 is 0.913 bits per heavy atom. The number of rotatable bonds is 4. The maximum Gasteiger partial charge on any atom is 0.246 e. The lowest BCUT2D eigenvalue weighted by Gasteiger charge is -2.16. The summed E-state index contributed by atoms with van der Waals surface area (Å²) < 4.78 is 13.1. The summed E-state index contributed by atoms with van der Waals surface area (Å²) in [6, 6.07) is 19.4. The van der Waals surface area contributed by atoms with Crippen molar-refractivity contribution in [3.8, 4) is 0 Å². The highest BCUT2D eigenvalue weighted by Crippen LogP contribution is 2.19. The van der Waals surface area contributed by atoms with E-state index < -0.39 is 6.04 Å². The van der Waals surface area contributed by atoms with Crippen molar-refractivity contribution in [3.05, 3.63) is 72.5 Å². The molecule has 1 amide bonds. The van der Waals surface area contributed by atoms with E-state index >= 15 is 0 Å². The number of carbonyl (C=O) groups is 1. The Labute approximate surface area is 134 Å². The zero-order valence-corrected chi connectivity index (χ0v) is 12.7. The largest absolute Gasteiger partial charge is 0.374 e. The SMILES string of the molecule is C[C@H](Nc1ccc2ccccc2c1)C(=O)Nc1cccc(F)c1. The molecule has 4 heteroatoms. The number of benzene rings is 3. The van der Waals surface area contributed by atoms with Crippen molar-refractivity contribution in [2.45, 2.75) is 13.0 Å². The summed E-state index contributed by atoms with van der Waals surface area (Å²) in [5.41, 5.74) is 1.31. The standard InChI is InChI=1S/C19H17FN2O/c1-13(19(23)22-17-8-4-7-16(20)12-17)21-18-10-9-14-5-2-3-6-15(14)11-18/h2-13,21H,1H3,(H,22,23)/t13-/m0/s1. The molecule has 0 unspecified atom stereocenters. The van der Waals surface area contributed by atoms with Crippen LogP contribution in [0.25, 0.3) is 10.8 Å². The second kappa shape index (κ2) is 6.48. The van der Waals surface area contributed by atoms with Crippen LogP contribution >= 0.6 is 0 Å². The summed E-state index contributed by atoms with van der Waals surface area (Å²) in [4.78, 5) is 12.2. The molecule has 3 nitrogen and oxygen atoms in total. The first-order chi connectivity index (χ1) is 11.1. The maximum absolute atomic E-state index is 13.1. The number of halogens is 1. The van der Waals surface area contributed by atoms with E-state index in [9.17, 15) is 9.18 Å². The van der Waals surface area contributed by atoms with Crippen LogP contribution in [0.4, 0.5) is 15.8 Å². The van der Waals surface area contributed by atoms with Crippen molar-refractivity contribution in [2.24, 2.45) is 0 Å². The van der Waals surface area contributed by atoms with Crippen molar-refractivity contribution in [1.82, 2.24) is 0 Å². The molecule has 0 fully saturated rings. The molecule has 116 valence electrons. The average molecular weight is 308 g/mol. The van der Waals surface area contributed by atoms with Crippen molar-refractivity contribution in [3.63, 3.8) is 0 Å². The number of anilines is 2. The molecular weight excluding hydrogens is 291 g/mol. The molecule has 3 aromatic carbocycles. The first-order valence-corrected chi connectivity index (χ1v) is 7.43. The van der Waals surface area contributed by atoms with Crippen LogP contribution in [0.3, 0.4) is 0 Å². The van der Waals surface area contributed by atoms with E-state index in [2.05, 4.69) is 10.6 Å². The van der Waals surface area contributed by atoms with Gasteiger partial charge in [0, 0.05) is 11.4 Å². The van der Waals surface area contributed by atoms with E-state index in [1.165, 1.54) is 12.1 Å². The Balaban J connectivity index is 1.69. The van der Waals surface area contributed by atoms with Gasteiger partial charge in [-0.2, -0.15) is 0 Å². The van der Waals surface area contributed by atoms with Gasteiger partial charge >= 0.3 is 0 Å². The first kappa shape index (κ1) is 15.0. The van der Waals surface area contributed by atoms with E-state index in [1.54, 1.807) is 19.1 Å². The number of nitrogens with one attached hydrogen (secondary N) is 2. The van der Waals surface area contributed by atoms with Crippen LogP contribution in [0.5, 0.6) is 0 Å². The Morgan fingerprint density at radius 2 is 1.70 bits per heavy atom. The fourth-order valence-corrected chi connectivity index (χ4v) is 2.41. The molecular formula is C19H17FN2O. The number of hydrogen-bond donors (Lipinski definition) is 2. The summed E-state index contributed by atoms with van der Waals surface area (Å²) in [5, 5.41) is 8.12. The topological polar surface area (TPSA) is 41.1 Å². The zero-order valence-electron chi connectivity index (χ0n) is 12.7. The number of hydrogen-bond acceptors (Lipinski definition) is 2. The van der Waals surface area contributed by atoms with Crippen molar-refractivity contribution >= 4 is 28.1 Å². The lowest BCUT2D eigenvalue weighted by molar-refractivity contribution is -0.116. The van der Waals surface area contributed by atoms with Crippen LogP contribution in [0, 0.1) is 5.82 Å². The molecule has 0 aliphatic carbocycles. The lowest BCUT2D eigenvalue weighted by Crippen LogP contribution is -2.31. The molecule has 2 N–H and O–H groups in total. The number of fused-ring (bicyclic) bond motifs is 1. The van der Waals surface area contributed by atoms with Crippen LogP contribution in [-0.4, -0.2) is 11.9 Å². The number of carbonyl (C=O) groups excluding carboxylic acids is 1. The van der Waals surface area contributed by atoms with E-state index in [4.69, 9.17) is 0 Å². The molecule has 0 aliphatic rings. The minimum Gasteiger partial charge on any atom is -0.374 e. The molecule has 3 aromatic rings. The zero-order chi connectivity index (χ0) is 16.2. The highest BCUT2D eigenvalue weighted by atomic mass is 19.1. The Morgan fingerprint density at radius 3 is 2.48 bits per heavy atom. The molecule has 0 aromatic heterocycles. The minimum absolute atomic E-state index is 0.219. The quantitative estimate of drug-likeness (QED) is 0.749. The summed E-state index contributed by atoms with van der Waals surface area (Å²) in [6.07, 6.45) is 0. The van der Waals surface area contributed by atoms with E-state index in [-0.39, 0.29) is 11.7 Å². The van der Waals surface area contributed by atoms with Crippen LogP contribution in [-0.2, 0) is 4.79 Å². The second-order valence-corrected chi connectivity index (χ2v) is 5.43. The second-order valence-electron chi connectivity index (χ2n) is 5.43. The van der Waals surface area contributed by atoms with Crippen LogP contribution < -0.4 is 10.6 Å². The predicted octanol–water partition coefficient (Wildman–Crippen LogP) is 4.42. The normalized spacial score (nSPS) is 11.9. The third kappa shape index (κ3) is 3.66. The third-order valence-corrected chi connectivity index (χ3v) is 3.62. The van der Waals surface area contributed by atoms with Gasteiger partial charge < -0.3 is 10.6 Å². The molecule has 0 heterocycles. The van der Waals surface area contributed by atoms with Crippen molar-refractivity contribution in [1.29, 1.82) is 0 Å². The Kier molecular flexibility index (Phi) is 4.24. The molecule has 0 saturated carbocycles. The van der Waals surface area contributed by atoms with E-state index in [0.717, 1.165) is 16.5 Å². The van der Waals surface area contributed by atoms with Gasteiger partial charge in [0.05, 0.1) is 0 Å². The predicted molar refractivity (Wildman–Crippen MR) is 92.1 cm³/mol. The van der Waals surface area contributed by atoms with Gasteiger partial charge in [-0.15, -0.1) is 0 Å². The fraction of sp³-hybridized carbons (Fsp3) is 0.105. The highest BCUT2D eigenvalue weighted by molar-refractivity contribution is 5.96. The van der Waals surface area contributed by atoms with Gasteiger partial charge in [0.15, 0.2) is 0 Å². The van der Waals surface area contributed by atoms with Gasteiger partial charge in [-0.1, -0.05) is 36.4 Å². The Bertz CT molecular complexity index is 847. The molecule has 0 aliphatic heterocycles. The third-order valence-electron chi connectivity index (χ3n) is 3.62. The van der Waals surface area contributed by atoms with E-state index in [0.29, 0.717) is 5.69 Å². The monoisotopic (exact) mass is 308 g/mol. The van der Waals surface area contributed by atoms with Crippen LogP contribution in [0.1, 0.15) is 6.92 Å². The van der Waals surface area contributed by atoms with Gasteiger partial charge in [0.1, 0.15) is 11.9 Å². The minimum atomic E-state index is -0.445. The summed E-state index contributed by atoms with van der Waals surface area (Å²) >= 11 is 0. The van der Waals surface area contributed by atoms with Gasteiger partial charge in [0.25, 0.3) is 0 Å². The van der Waals surface area contributed by atoms with Gasteiger partial charge in [-0.25, -0.2) is 4.39 Å². The molecule has 0 bridgehead atoms. The average Bonchev–Trinajstić information content (AvgIpc) is 2.54.